The summed E-state index contributed by atoms with van der Waals surface area (Å²) in [5.74, 6) is -2.40. The lowest BCUT2D eigenvalue weighted by Crippen LogP contribution is -2.43. The molecule has 3 atom stereocenters. The van der Waals surface area contributed by atoms with Crippen LogP contribution in [-0.2, 0) is 32.7 Å². The minimum Gasteiger partial charge on any atom is -0.480 e. The number of amides is 1. The zero-order valence-corrected chi connectivity index (χ0v) is 34.0. The van der Waals surface area contributed by atoms with Gasteiger partial charge in [0, 0.05) is 12.8 Å². The standard InChI is InChI=1S/C41H74NO10P/c1-3-5-7-9-11-13-15-17-18-19-21-22-24-26-28-30-32-39(44)42-38(41(46)47)36-52-53(48,49)51-35-37(43)34-50-40(45)33-31-29-27-25-23-20-16-14-12-10-8-6-4-2/h8,10,14,16,18-19,37-38,43H,3-7,9,11-13,15,17,20-36H2,1-2H3,(H,42,44)(H,46,47)(H,48,49)/b10-8-,16-14-,19-18-. The van der Waals surface area contributed by atoms with Crippen LogP contribution in [0.15, 0.2) is 36.5 Å². The highest BCUT2D eigenvalue weighted by Gasteiger charge is 2.28. The van der Waals surface area contributed by atoms with Crippen LogP contribution >= 0.6 is 7.82 Å². The first-order chi connectivity index (χ1) is 25.6. The number of aliphatic carboxylic acids is 1. The average molecular weight is 772 g/mol. The second kappa shape index (κ2) is 36.7. The Kier molecular flexibility index (Phi) is 35.1. The van der Waals surface area contributed by atoms with E-state index in [0.29, 0.717) is 12.8 Å². The smallest absolute Gasteiger partial charge is 0.472 e. The van der Waals surface area contributed by atoms with Crippen LogP contribution in [0, 0.1) is 0 Å². The molecule has 0 aliphatic carbocycles. The summed E-state index contributed by atoms with van der Waals surface area (Å²) in [6, 6.07) is -1.55. The Labute approximate surface area is 321 Å². The number of phosphoric acid groups is 1. The van der Waals surface area contributed by atoms with Crippen molar-refractivity contribution in [2.45, 2.75) is 187 Å². The maximum atomic E-state index is 12.3. The summed E-state index contributed by atoms with van der Waals surface area (Å²) in [7, 11) is -4.76. The molecule has 0 radical (unpaired) electrons. The van der Waals surface area contributed by atoms with Gasteiger partial charge in [-0.05, 0) is 64.2 Å². The molecule has 0 saturated carbocycles. The molecule has 0 aliphatic rings. The summed E-state index contributed by atoms with van der Waals surface area (Å²) in [6.07, 6.45) is 37.4. The van der Waals surface area contributed by atoms with E-state index in [1.54, 1.807) is 0 Å². The molecule has 0 aromatic carbocycles. The van der Waals surface area contributed by atoms with Crippen LogP contribution in [0.2, 0.25) is 0 Å². The molecule has 0 spiro atoms. The minimum atomic E-state index is -4.76. The number of ether oxygens (including phenoxy) is 1. The van der Waals surface area contributed by atoms with Crippen LogP contribution in [-0.4, -0.2) is 64.9 Å². The number of phosphoric ester groups is 1. The molecule has 3 unspecified atom stereocenters. The van der Waals surface area contributed by atoms with E-state index in [0.717, 1.165) is 83.5 Å². The van der Waals surface area contributed by atoms with E-state index in [1.165, 1.54) is 51.4 Å². The van der Waals surface area contributed by atoms with Crippen LogP contribution < -0.4 is 5.32 Å². The SMILES string of the molecule is CCC/C=C\C/C=C\CCCCCCCC(=O)OCC(O)COP(=O)(O)OCC(NC(=O)CCCCCCC/C=C\CCCCCCCCC)C(=O)O. The maximum Gasteiger partial charge on any atom is 0.472 e. The van der Waals surface area contributed by atoms with Crippen molar-refractivity contribution in [1.82, 2.24) is 5.32 Å². The number of hydrogen-bond donors (Lipinski definition) is 4. The molecule has 11 nitrogen and oxygen atoms in total. The molecule has 0 rings (SSSR count). The topological polar surface area (TPSA) is 169 Å². The predicted octanol–water partition coefficient (Wildman–Crippen LogP) is 10.1. The van der Waals surface area contributed by atoms with Crippen molar-refractivity contribution >= 4 is 25.7 Å². The lowest BCUT2D eigenvalue weighted by Gasteiger charge is -2.18. The molecule has 0 saturated heterocycles. The Hall–Kier alpha value is -2.30. The molecule has 0 fully saturated rings. The number of carbonyl (C=O) groups excluding carboxylic acids is 2. The third kappa shape index (κ3) is 36.4. The average Bonchev–Trinajstić information content (AvgIpc) is 3.13. The number of carbonyl (C=O) groups is 3. The lowest BCUT2D eigenvalue weighted by atomic mass is 10.1. The molecule has 0 aliphatic heterocycles. The van der Waals surface area contributed by atoms with Gasteiger partial charge in [-0.25, -0.2) is 9.36 Å². The minimum absolute atomic E-state index is 0.135. The van der Waals surface area contributed by atoms with Crippen LogP contribution in [0.3, 0.4) is 0 Å². The lowest BCUT2D eigenvalue weighted by molar-refractivity contribution is -0.147. The molecular weight excluding hydrogens is 697 g/mol. The number of allylic oxidation sites excluding steroid dienone is 6. The first-order valence-corrected chi connectivity index (χ1v) is 22.0. The number of unbranched alkanes of at least 4 members (excludes halogenated alkanes) is 18. The van der Waals surface area contributed by atoms with Gasteiger partial charge in [0.25, 0.3) is 0 Å². The molecule has 0 bridgehead atoms. The van der Waals surface area contributed by atoms with E-state index < -0.39 is 57.6 Å². The van der Waals surface area contributed by atoms with Crippen LogP contribution in [0.1, 0.15) is 174 Å². The number of carboxylic acids is 1. The van der Waals surface area contributed by atoms with Crippen LogP contribution in [0.5, 0.6) is 0 Å². The van der Waals surface area contributed by atoms with Gasteiger partial charge in [0.15, 0.2) is 6.04 Å². The first-order valence-electron chi connectivity index (χ1n) is 20.5. The second-order valence-corrected chi connectivity index (χ2v) is 15.3. The molecule has 12 heteroatoms. The third-order valence-electron chi connectivity index (χ3n) is 8.63. The van der Waals surface area contributed by atoms with E-state index in [4.69, 9.17) is 13.8 Å². The van der Waals surface area contributed by atoms with Gasteiger partial charge in [-0.3, -0.25) is 18.6 Å². The molecule has 53 heavy (non-hydrogen) atoms. The normalized spacial score (nSPS) is 14.2. The number of hydrogen-bond acceptors (Lipinski definition) is 8. The second-order valence-electron chi connectivity index (χ2n) is 13.8. The Morgan fingerprint density at radius 2 is 1.08 bits per heavy atom. The number of aliphatic hydroxyl groups is 1. The monoisotopic (exact) mass is 772 g/mol. The highest BCUT2D eigenvalue weighted by Crippen LogP contribution is 2.43. The van der Waals surface area contributed by atoms with E-state index >= 15 is 0 Å². The van der Waals surface area contributed by atoms with Gasteiger partial charge < -0.3 is 25.2 Å². The van der Waals surface area contributed by atoms with Gasteiger partial charge in [0.05, 0.1) is 13.2 Å². The van der Waals surface area contributed by atoms with Crippen molar-refractivity contribution in [3.63, 3.8) is 0 Å². The summed E-state index contributed by atoms with van der Waals surface area (Å²) in [5.41, 5.74) is 0. The van der Waals surface area contributed by atoms with Gasteiger partial charge >= 0.3 is 19.8 Å². The molecule has 0 heterocycles. The Balaban J connectivity index is 3.96. The summed E-state index contributed by atoms with van der Waals surface area (Å²) in [6.45, 7) is 2.49. The quantitative estimate of drug-likeness (QED) is 0.0205. The molecular formula is C41H74NO10P. The predicted molar refractivity (Wildman–Crippen MR) is 212 cm³/mol. The molecule has 0 aromatic rings. The maximum absolute atomic E-state index is 12.3. The van der Waals surface area contributed by atoms with E-state index in [-0.39, 0.29) is 12.8 Å². The number of esters is 1. The van der Waals surface area contributed by atoms with Crippen LogP contribution in [0.4, 0.5) is 0 Å². The number of nitrogens with one attached hydrogen (secondary N) is 1. The van der Waals surface area contributed by atoms with Crippen molar-refractivity contribution in [3.05, 3.63) is 36.5 Å². The van der Waals surface area contributed by atoms with Crippen molar-refractivity contribution in [3.8, 4) is 0 Å². The Bertz CT molecular complexity index is 1050. The fourth-order valence-electron chi connectivity index (χ4n) is 5.41. The molecule has 1 amide bonds. The third-order valence-corrected chi connectivity index (χ3v) is 9.58. The van der Waals surface area contributed by atoms with Gasteiger partial charge in [-0.1, -0.05) is 134 Å². The summed E-state index contributed by atoms with van der Waals surface area (Å²) in [4.78, 5) is 45.8. The fraction of sp³-hybridized carbons (Fsp3) is 0.780. The van der Waals surface area contributed by atoms with Gasteiger partial charge in [0.1, 0.15) is 12.7 Å². The largest absolute Gasteiger partial charge is 0.480 e. The number of rotatable bonds is 38. The van der Waals surface area contributed by atoms with E-state index in [2.05, 4.69) is 55.6 Å². The molecule has 0 aromatic heterocycles. The zero-order valence-electron chi connectivity index (χ0n) is 33.1. The highest BCUT2D eigenvalue weighted by molar-refractivity contribution is 7.47. The van der Waals surface area contributed by atoms with Gasteiger partial charge in [-0.15, -0.1) is 0 Å². The Morgan fingerprint density at radius 3 is 1.62 bits per heavy atom. The summed E-state index contributed by atoms with van der Waals surface area (Å²) < 4.78 is 26.7. The van der Waals surface area contributed by atoms with Gasteiger partial charge in [0.2, 0.25) is 5.91 Å². The van der Waals surface area contributed by atoms with Crippen molar-refractivity contribution in [2.24, 2.45) is 0 Å². The summed E-state index contributed by atoms with van der Waals surface area (Å²) >= 11 is 0. The van der Waals surface area contributed by atoms with Crippen molar-refractivity contribution in [1.29, 1.82) is 0 Å². The fourth-order valence-corrected chi connectivity index (χ4v) is 6.18. The highest BCUT2D eigenvalue weighted by atomic mass is 31.2. The van der Waals surface area contributed by atoms with Crippen molar-refractivity contribution in [2.75, 3.05) is 19.8 Å². The number of aliphatic hydroxyl groups excluding tert-OH is 1. The van der Waals surface area contributed by atoms with Gasteiger partial charge in [-0.2, -0.15) is 0 Å². The summed E-state index contributed by atoms with van der Waals surface area (Å²) in [5, 5.41) is 21.8. The molecule has 308 valence electrons. The number of carboxylic acid groups (broad SMARTS) is 1. The van der Waals surface area contributed by atoms with Crippen LogP contribution in [0.25, 0.3) is 0 Å². The molecule has 4 N–H and O–H groups in total. The van der Waals surface area contributed by atoms with E-state index in [1.807, 2.05) is 0 Å². The Morgan fingerprint density at radius 1 is 0.604 bits per heavy atom. The van der Waals surface area contributed by atoms with E-state index in [9.17, 15) is 34.1 Å². The zero-order chi connectivity index (χ0) is 39.3. The van der Waals surface area contributed by atoms with Crippen molar-refractivity contribution < 1.29 is 47.8 Å². The first kappa shape index (κ1) is 50.7.